The third-order valence-corrected chi connectivity index (χ3v) is 4.27. The fourth-order valence-corrected chi connectivity index (χ4v) is 3.28. The van der Waals surface area contributed by atoms with Crippen molar-refractivity contribution < 1.29 is 0 Å². The highest BCUT2D eigenvalue weighted by Gasteiger charge is 2.23. The maximum atomic E-state index is 4.80. The molecule has 1 N–H and O–H groups in total. The van der Waals surface area contributed by atoms with E-state index < -0.39 is 0 Å². The van der Waals surface area contributed by atoms with Crippen molar-refractivity contribution >= 4 is 10.9 Å². The van der Waals surface area contributed by atoms with E-state index in [0.717, 1.165) is 25.6 Å². The predicted octanol–water partition coefficient (Wildman–Crippen LogP) is 2.10. The zero-order valence-electron chi connectivity index (χ0n) is 12.5. The second-order valence-corrected chi connectivity index (χ2v) is 5.73. The number of rotatable bonds is 5. The molecule has 1 aliphatic rings. The molecule has 4 heteroatoms. The zero-order chi connectivity index (χ0) is 13.9. The summed E-state index contributed by atoms with van der Waals surface area (Å²) >= 11 is 0. The van der Waals surface area contributed by atoms with Crippen LogP contribution in [0, 0.1) is 5.92 Å². The maximum absolute atomic E-state index is 4.80. The van der Waals surface area contributed by atoms with Crippen LogP contribution < -0.4 is 5.32 Å². The van der Waals surface area contributed by atoms with Crippen LogP contribution in [-0.4, -0.2) is 41.4 Å². The van der Waals surface area contributed by atoms with Crippen LogP contribution in [0.25, 0.3) is 10.9 Å². The van der Waals surface area contributed by atoms with Gasteiger partial charge >= 0.3 is 0 Å². The molecule has 1 saturated heterocycles. The van der Waals surface area contributed by atoms with Gasteiger partial charge in [-0.15, -0.1) is 0 Å². The number of nitrogens with zero attached hydrogens (tertiary/aromatic N) is 3. The highest BCUT2D eigenvalue weighted by molar-refractivity contribution is 5.81. The lowest BCUT2D eigenvalue weighted by molar-refractivity contribution is 0.311. The van der Waals surface area contributed by atoms with E-state index in [1.807, 2.05) is 7.05 Å². The van der Waals surface area contributed by atoms with Gasteiger partial charge in [-0.3, -0.25) is 9.58 Å². The summed E-state index contributed by atoms with van der Waals surface area (Å²) < 4.78 is 2.12. The van der Waals surface area contributed by atoms with Crippen molar-refractivity contribution in [3.63, 3.8) is 0 Å². The van der Waals surface area contributed by atoms with Crippen molar-refractivity contribution in [2.75, 3.05) is 26.7 Å². The Morgan fingerprint density at radius 3 is 3.00 bits per heavy atom. The summed E-state index contributed by atoms with van der Waals surface area (Å²) in [6.07, 6.45) is 1.30. The van der Waals surface area contributed by atoms with Gasteiger partial charge in [0.05, 0.1) is 11.2 Å². The zero-order valence-corrected chi connectivity index (χ0v) is 12.5. The summed E-state index contributed by atoms with van der Waals surface area (Å²) in [5, 5.41) is 9.40. The first-order valence-corrected chi connectivity index (χ1v) is 7.63. The topological polar surface area (TPSA) is 33.1 Å². The summed E-state index contributed by atoms with van der Waals surface area (Å²) in [6, 6.07) is 8.58. The van der Waals surface area contributed by atoms with E-state index in [1.165, 1.54) is 36.1 Å². The molecule has 1 atom stereocenters. The molecule has 2 heterocycles. The van der Waals surface area contributed by atoms with Crippen molar-refractivity contribution in [3.8, 4) is 0 Å². The Kier molecular flexibility index (Phi) is 4.03. The van der Waals surface area contributed by atoms with E-state index in [-0.39, 0.29) is 0 Å². The number of fused-ring (bicyclic) bond motifs is 1. The monoisotopic (exact) mass is 272 g/mol. The van der Waals surface area contributed by atoms with Crippen molar-refractivity contribution in [3.05, 3.63) is 30.0 Å². The third kappa shape index (κ3) is 2.58. The van der Waals surface area contributed by atoms with Crippen LogP contribution in [0.15, 0.2) is 24.3 Å². The molecular formula is C16H24N4. The lowest BCUT2D eigenvalue weighted by Crippen LogP contribution is -2.24. The van der Waals surface area contributed by atoms with E-state index in [9.17, 15) is 0 Å². The van der Waals surface area contributed by atoms with Crippen LogP contribution in [-0.2, 0) is 13.1 Å². The van der Waals surface area contributed by atoms with Crippen molar-refractivity contribution in [2.45, 2.75) is 26.4 Å². The molecule has 0 aliphatic carbocycles. The lowest BCUT2D eigenvalue weighted by Gasteiger charge is -2.14. The van der Waals surface area contributed by atoms with Crippen LogP contribution in [0.1, 0.15) is 19.0 Å². The second-order valence-electron chi connectivity index (χ2n) is 5.73. The Balaban J connectivity index is 1.78. The SMILES string of the molecule is CCn1nc(CN2CCC(CNC)C2)c2ccccc21. The average Bonchev–Trinajstić information content (AvgIpc) is 3.05. The predicted molar refractivity (Wildman–Crippen MR) is 82.7 cm³/mol. The van der Waals surface area contributed by atoms with Gasteiger partial charge in [0, 0.05) is 25.0 Å². The largest absolute Gasteiger partial charge is 0.319 e. The van der Waals surface area contributed by atoms with Gasteiger partial charge in [-0.25, -0.2) is 0 Å². The Labute approximate surface area is 120 Å². The maximum Gasteiger partial charge on any atom is 0.0843 e. The van der Waals surface area contributed by atoms with Gasteiger partial charge in [-0.1, -0.05) is 18.2 Å². The molecule has 2 aromatic rings. The Morgan fingerprint density at radius 1 is 1.35 bits per heavy atom. The number of benzene rings is 1. The molecule has 108 valence electrons. The van der Waals surface area contributed by atoms with Crippen molar-refractivity contribution in [2.24, 2.45) is 5.92 Å². The first-order valence-electron chi connectivity index (χ1n) is 7.63. The van der Waals surface area contributed by atoms with Crippen molar-refractivity contribution in [1.29, 1.82) is 0 Å². The van der Waals surface area contributed by atoms with Gasteiger partial charge < -0.3 is 5.32 Å². The minimum atomic E-state index is 0.791. The standard InChI is InChI=1S/C16H24N4/c1-3-20-16-7-5-4-6-14(16)15(18-20)12-19-9-8-13(11-19)10-17-2/h4-7,13,17H,3,8-12H2,1-2H3. The molecule has 0 bridgehead atoms. The molecule has 1 aliphatic heterocycles. The smallest absolute Gasteiger partial charge is 0.0843 e. The molecule has 4 nitrogen and oxygen atoms in total. The molecule has 1 aromatic heterocycles. The molecule has 0 spiro atoms. The number of hydrogen-bond acceptors (Lipinski definition) is 3. The van der Waals surface area contributed by atoms with Gasteiger partial charge in [0.2, 0.25) is 0 Å². The van der Waals surface area contributed by atoms with Gasteiger partial charge in [0.1, 0.15) is 0 Å². The summed E-state index contributed by atoms with van der Waals surface area (Å²) in [7, 11) is 2.04. The molecule has 0 amide bonds. The van der Waals surface area contributed by atoms with Crippen LogP contribution >= 0.6 is 0 Å². The Bertz CT molecular complexity index is 575. The average molecular weight is 272 g/mol. The highest BCUT2D eigenvalue weighted by atomic mass is 15.3. The van der Waals surface area contributed by atoms with E-state index >= 15 is 0 Å². The lowest BCUT2D eigenvalue weighted by atomic mass is 10.1. The molecule has 3 rings (SSSR count). The first-order chi connectivity index (χ1) is 9.81. The molecule has 0 saturated carbocycles. The van der Waals surface area contributed by atoms with Gasteiger partial charge in [0.15, 0.2) is 0 Å². The summed E-state index contributed by atoms with van der Waals surface area (Å²) in [6.45, 7) is 7.58. The first kappa shape index (κ1) is 13.6. The summed E-state index contributed by atoms with van der Waals surface area (Å²) in [5.41, 5.74) is 2.49. The summed E-state index contributed by atoms with van der Waals surface area (Å²) in [4.78, 5) is 2.54. The van der Waals surface area contributed by atoms with Crippen LogP contribution in [0.5, 0.6) is 0 Å². The van der Waals surface area contributed by atoms with Crippen LogP contribution in [0.2, 0.25) is 0 Å². The molecule has 0 radical (unpaired) electrons. The van der Waals surface area contributed by atoms with E-state index in [0.29, 0.717) is 0 Å². The number of para-hydroxylation sites is 1. The highest BCUT2D eigenvalue weighted by Crippen LogP contribution is 2.23. The number of hydrogen-bond donors (Lipinski definition) is 1. The molecular weight excluding hydrogens is 248 g/mol. The van der Waals surface area contributed by atoms with Crippen molar-refractivity contribution in [1.82, 2.24) is 20.0 Å². The fourth-order valence-electron chi connectivity index (χ4n) is 3.28. The fraction of sp³-hybridized carbons (Fsp3) is 0.562. The van der Waals surface area contributed by atoms with E-state index in [4.69, 9.17) is 5.10 Å². The van der Waals surface area contributed by atoms with E-state index in [2.05, 4.69) is 46.1 Å². The normalized spacial score (nSPS) is 20.0. The molecule has 1 fully saturated rings. The summed E-state index contributed by atoms with van der Waals surface area (Å²) in [5.74, 6) is 0.791. The number of aryl methyl sites for hydroxylation is 1. The Morgan fingerprint density at radius 2 is 2.20 bits per heavy atom. The van der Waals surface area contributed by atoms with Gasteiger partial charge in [0.25, 0.3) is 0 Å². The molecule has 1 unspecified atom stereocenters. The van der Waals surface area contributed by atoms with E-state index in [1.54, 1.807) is 0 Å². The molecule has 1 aromatic carbocycles. The Hall–Kier alpha value is -1.39. The minimum Gasteiger partial charge on any atom is -0.319 e. The van der Waals surface area contributed by atoms with Gasteiger partial charge in [-0.2, -0.15) is 5.10 Å². The minimum absolute atomic E-state index is 0.791. The number of nitrogens with one attached hydrogen (secondary N) is 1. The van der Waals surface area contributed by atoms with Gasteiger partial charge in [-0.05, 0) is 45.5 Å². The number of likely N-dealkylation sites (tertiary alicyclic amines) is 1. The third-order valence-electron chi connectivity index (χ3n) is 4.27. The quantitative estimate of drug-likeness (QED) is 0.905. The molecule has 20 heavy (non-hydrogen) atoms. The number of aromatic nitrogens is 2. The van der Waals surface area contributed by atoms with Crippen LogP contribution in [0.4, 0.5) is 0 Å². The second kappa shape index (κ2) is 5.94. The van der Waals surface area contributed by atoms with Crippen LogP contribution in [0.3, 0.4) is 0 Å².